The first-order valence-corrected chi connectivity index (χ1v) is 11.3. The van der Waals surface area contributed by atoms with Crippen LogP contribution in [0.3, 0.4) is 0 Å². The Balaban J connectivity index is 1.57. The highest BCUT2D eigenvalue weighted by atomic mass is 16.3. The van der Waals surface area contributed by atoms with E-state index in [1.807, 2.05) is 72.8 Å². The molecule has 0 amide bonds. The number of aliphatic hydroxyl groups is 1. The molecule has 0 saturated heterocycles. The number of Topliss-reactive ketones (excluding diaryl/α,β-unsaturated/α-hetero) is 1. The van der Waals surface area contributed by atoms with Crippen LogP contribution in [0.15, 0.2) is 119 Å². The second-order valence-electron chi connectivity index (χ2n) is 8.47. The third-order valence-corrected chi connectivity index (χ3v) is 6.26. The zero-order valence-electron chi connectivity index (χ0n) is 18.3. The van der Waals surface area contributed by atoms with Crippen molar-refractivity contribution in [3.05, 3.63) is 126 Å². The lowest BCUT2D eigenvalue weighted by Crippen LogP contribution is -2.27. The van der Waals surface area contributed by atoms with Gasteiger partial charge in [-0.15, -0.1) is 0 Å². The van der Waals surface area contributed by atoms with Crippen LogP contribution in [0.4, 0.5) is 5.69 Å². The number of ketones is 1. The molecule has 0 aliphatic heterocycles. The monoisotopic (exact) mass is 431 g/mol. The van der Waals surface area contributed by atoms with Gasteiger partial charge >= 0.3 is 0 Å². The molecule has 5 rings (SSSR count). The van der Waals surface area contributed by atoms with Crippen LogP contribution in [-0.4, -0.2) is 16.6 Å². The number of benzene rings is 4. The van der Waals surface area contributed by atoms with Crippen LogP contribution in [0.1, 0.15) is 29.9 Å². The van der Waals surface area contributed by atoms with Crippen LogP contribution in [-0.2, 0) is 11.2 Å². The number of para-hydroxylation sites is 1. The highest BCUT2D eigenvalue weighted by Crippen LogP contribution is 2.35. The van der Waals surface area contributed by atoms with Gasteiger partial charge in [-0.05, 0) is 46.4 Å². The molecule has 33 heavy (non-hydrogen) atoms. The average Bonchev–Trinajstić information content (AvgIpc) is 2.85. The summed E-state index contributed by atoms with van der Waals surface area (Å²) in [5.74, 6) is 0.0929. The van der Waals surface area contributed by atoms with E-state index in [-0.39, 0.29) is 17.5 Å². The third-order valence-electron chi connectivity index (χ3n) is 6.26. The van der Waals surface area contributed by atoms with E-state index in [4.69, 9.17) is 4.99 Å². The molecule has 162 valence electrons. The fourth-order valence-electron chi connectivity index (χ4n) is 4.66. The number of carbonyl (C=O) groups is 1. The Labute approximate surface area is 193 Å². The molecule has 0 heterocycles. The highest BCUT2D eigenvalue weighted by Gasteiger charge is 2.32. The molecule has 3 nitrogen and oxygen atoms in total. The molecule has 1 saturated carbocycles. The predicted octanol–water partition coefficient (Wildman–Crippen LogP) is 7.11. The fourth-order valence-corrected chi connectivity index (χ4v) is 4.66. The topological polar surface area (TPSA) is 49.7 Å². The first-order valence-electron chi connectivity index (χ1n) is 11.3. The second-order valence-corrected chi connectivity index (χ2v) is 8.47. The standard InChI is InChI=1S/C30H25NO2/c32-28(19-23-14-9-13-22-12-7-8-17-26(22)23)30-27(31-25-15-5-2-6-16-25)18-24(20-29(30)33)21-10-3-1-4-11-21/h1-17,24,32H,18-20H2. The van der Waals surface area contributed by atoms with Crippen molar-refractivity contribution in [1.29, 1.82) is 0 Å². The summed E-state index contributed by atoms with van der Waals surface area (Å²) in [6.07, 6.45) is 1.28. The van der Waals surface area contributed by atoms with Gasteiger partial charge in [0.15, 0.2) is 5.78 Å². The number of hydrogen-bond donors (Lipinski definition) is 1. The Morgan fingerprint density at radius 2 is 1.45 bits per heavy atom. The molecule has 0 bridgehead atoms. The fraction of sp³-hybridized carbons (Fsp3) is 0.133. The molecule has 1 aliphatic carbocycles. The Hall–Kier alpha value is -3.98. The Morgan fingerprint density at radius 3 is 2.24 bits per heavy atom. The van der Waals surface area contributed by atoms with Crippen molar-refractivity contribution in [2.24, 2.45) is 4.99 Å². The van der Waals surface area contributed by atoms with E-state index in [9.17, 15) is 9.90 Å². The largest absolute Gasteiger partial charge is 0.511 e. The lowest BCUT2D eigenvalue weighted by Gasteiger charge is -2.26. The summed E-state index contributed by atoms with van der Waals surface area (Å²) in [7, 11) is 0. The first-order chi connectivity index (χ1) is 16.2. The Morgan fingerprint density at radius 1 is 0.788 bits per heavy atom. The predicted molar refractivity (Wildman–Crippen MR) is 134 cm³/mol. The quantitative estimate of drug-likeness (QED) is 0.276. The maximum Gasteiger partial charge on any atom is 0.168 e. The minimum atomic E-state index is -0.0532. The van der Waals surface area contributed by atoms with Gasteiger partial charge in [0.2, 0.25) is 0 Å². The minimum Gasteiger partial charge on any atom is -0.511 e. The van der Waals surface area contributed by atoms with Crippen LogP contribution in [0, 0.1) is 0 Å². The van der Waals surface area contributed by atoms with Crippen molar-refractivity contribution in [3.63, 3.8) is 0 Å². The summed E-state index contributed by atoms with van der Waals surface area (Å²) < 4.78 is 0. The maximum absolute atomic E-state index is 13.4. The summed E-state index contributed by atoms with van der Waals surface area (Å²) in [5, 5.41) is 13.4. The number of fused-ring (bicyclic) bond motifs is 1. The van der Waals surface area contributed by atoms with Gasteiger partial charge in [0.25, 0.3) is 0 Å². The van der Waals surface area contributed by atoms with E-state index in [1.165, 1.54) is 0 Å². The zero-order valence-corrected chi connectivity index (χ0v) is 18.3. The smallest absolute Gasteiger partial charge is 0.168 e. The molecule has 1 atom stereocenters. The van der Waals surface area contributed by atoms with E-state index < -0.39 is 0 Å². The van der Waals surface area contributed by atoms with E-state index in [1.54, 1.807) is 0 Å². The first kappa shape index (κ1) is 20.9. The number of hydrogen-bond acceptors (Lipinski definition) is 3. The summed E-state index contributed by atoms with van der Waals surface area (Å²) in [6, 6.07) is 33.9. The van der Waals surface area contributed by atoms with Crippen molar-refractivity contribution in [1.82, 2.24) is 0 Å². The number of nitrogens with zero attached hydrogens (tertiary/aromatic N) is 1. The molecule has 0 aromatic heterocycles. The normalized spacial score (nSPS) is 19.1. The summed E-state index contributed by atoms with van der Waals surface area (Å²) in [6.45, 7) is 0. The van der Waals surface area contributed by atoms with Gasteiger partial charge in [0.1, 0.15) is 5.76 Å². The molecule has 1 fully saturated rings. The Bertz CT molecular complexity index is 1350. The maximum atomic E-state index is 13.4. The lowest BCUT2D eigenvalue weighted by atomic mass is 9.78. The van der Waals surface area contributed by atoms with Gasteiger partial charge in [-0.25, -0.2) is 0 Å². The number of aliphatic imine (C=N–C) groups is 1. The molecule has 1 aliphatic rings. The van der Waals surface area contributed by atoms with Gasteiger partial charge in [-0.3, -0.25) is 9.79 Å². The molecular weight excluding hydrogens is 406 g/mol. The van der Waals surface area contributed by atoms with E-state index in [2.05, 4.69) is 30.3 Å². The van der Waals surface area contributed by atoms with Gasteiger partial charge in [0.05, 0.1) is 17.0 Å². The third kappa shape index (κ3) is 4.49. The molecule has 1 unspecified atom stereocenters. The summed E-state index contributed by atoms with van der Waals surface area (Å²) in [4.78, 5) is 18.2. The number of carbonyl (C=O) groups excluding carboxylic acids is 1. The highest BCUT2D eigenvalue weighted by molar-refractivity contribution is 6.25. The van der Waals surface area contributed by atoms with Crippen LogP contribution in [0.5, 0.6) is 0 Å². The van der Waals surface area contributed by atoms with Gasteiger partial charge in [-0.2, -0.15) is 0 Å². The second kappa shape index (κ2) is 9.25. The van der Waals surface area contributed by atoms with Gasteiger partial charge in [0, 0.05) is 12.8 Å². The van der Waals surface area contributed by atoms with Gasteiger partial charge in [-0.1, -0.05) is 91.0 Å². The van der Waals surface area contributed by atoms with Crippen LogP contribution >= 0.6 is 0 Å². The van der Waals surface area contributed by atoms with Crippen LogP contribution in [0.2, 0.25) is 0 Å². The molecule has 4 aromatic carbocycles. The lowest BCUT2D eigenvalue weighted by molar-refractivity contribution is -0.115. The Kier molecular flexibility index (Phi) is 5.86. The minimum absolute atomic E-state index is 0.0512. The van der Waals surface area contributed by atoms with Crippen molar-refractivity contribution >= 4 is 28.0 Å². The van der Waals surface area contributed by atoms with E-state index >= 15 is 0 Å². The van der Waals surface area contributed by atoms with Crippen molar-refractivity contribution < 1.29 is 9.90 Å². The van der Waals surface area contributed by atoms with E-state index in [0.29, 0.717) is 30.5 Å². The average molecular weight is 432 g/mol. The summed E-state index contributed by atoms with van der Waals surface area (Å²) in [5.41, 5.74) is 3.93. The molecule has 3 heteroatoms. The molecular formula is C30H25NO2. The zero-order chi connectivity index (χ0) is 22.6. The molecule has 0 radical (unpaired) electrons. The number of allylic oxidation sites excluding steroid dienone is 2. The molecule has 4 aromatic rings. The van der Waals surface area contributed by atoms with E-state index in [0.717, 1.165) is 27.6 Å². The van der Waals surface area contributed by atoms with Crippen molar-refractivity contribution in [2.75, 3.05) is 0 Å². The van der Waals surface area contributed by atoms with Crippen molar-refractivity contribution in [3.8, 4) is 0 Å². The summed E-state index contributed by atoms with van der Waals surface area (Å²) >= 11 is 0. The SMILES string of the molecule is O=C1CC(c2ccccc2)CC(=Nc2ccccc2)C1=C(O)Cc1cccc2ccccc12. The number of aliphatic hydroxyl groups excluding tert-OH is 1. The van der Waals surface area contributed by atoms with Crippen molar-refractivity contribution in [2.45, 2.75) is 25.2 Å². The molecule has 0 spiro atoms. The van der Waals surface area contributed by atoms with Crippen LogP contribution < -0.4 is 0 Å². The van der Waals surface area contributed by atoms with Gasteiger partial charge < -0.3 is 5.11 Å². The number of rotatable bonds is 4. The molecule has 1 N–H and O–H groups in total. The van der Waals surface area contributed by atoms with Crippen LogP contribution in [0.25, 0.3) is 10.8 Å².